The molecule has 2 aromatic rings. The third-order valence-corrected chi connectivity index (χ3v) is 3.03. The van der Waals surface area contributed by atoms with Crippen molar-refractivity contribution in [3.05, 3.63) is 48.0 Å². The molecule has 2 aromatic carbocycles. The van der Waals surface area contributed by atoms with Crippen LogP contribution in [0.25, 0.3) is 11.1 Å². The van der Waals surface area contributed by atoms with Crippen LogP contribution >= 0.6 is 0 Å². The van der Waals surface area contributed by atoms with Crippen LogP contribution in [0.5, 0.6) is 11.5 Å². The molecule has 0 aliphatic carbocycles. The molecule has 130 valence electrons. The fraction of sp³-hybridized carbons (Fsp3) is 0.250. The molecule has 8 heteroatoms. The molecule has 0 aliphatic rings. The second-order valence-corrected chi connectivity index (χ2v) is 4.73. The van der Waals surface area contributed by atoms with E-state index in [0.717, 1.165) is 12.1 Å². The van der Waals surface area contributed by atoms with Gasteiger partial charge < -0.3 is 14.6 Å². The topological polar surface area (TPSA) is 38.7 Å². The molecule has 0 unspecified atom stereocenters. The Balaban J connectivity index is 2.42. The Kier molecular flexibility index (Phi) is 5.61. The van der Waals surface area contributed by atoms with Gasteiger partial charge in [-0.25, -0.2) is 8.78 Å². The molecule has 3 nitrogen and oxygen atoms in total. The lowest BCUT2D eigenvalue weighted by molar-refractivity contribution is -0.275. The van der Waals surface area contributed by atoms with E-state index in [4.69, 9.17) is 4.74 Å². The van der Waals surface area contributed by atoms with Crippen molar-refractivity contribution in [3.8, 4) is 22.6 Å². The number of hydrogen-bond acceptors (Lipinski definition) is 3. The van der Waals surface area contributed by atoms with E-state index in [1.54, 1.807) is 24.3 Å². The molecule has 0 saturated carbocycles. The first kappa shape index (κ1) is 18.0. The molecule has 0 saturated heterocycles. The van der Waals surface area contributed by atoms with Gasteiger partial charge in [-0.1, -0.05) is 30.3 Å². The molecule has 0 radical (unpaired) electrons. The van der Waals surface area contributed by atoms with E-state index in [-0.39, 0.29) is 6.61 Å². The molecule has 0 heterocycles. The number of aliphatic hydroxyl groups excluding tert-OH is 1. The van der Waals surface area contributed by atoms with Crippen LogP contribution in [0.4, 0.5) is 22.0 Å². The molecule has 0 fully saturated rings. The molecule has 2 rings (SSSR count). The Labute approximate surface area is 134 Å². The molecule has 24 heavy (non-hydrogen) atoms. The van der Waals surface area contributed by atoms with Crippen LogP contribution < -0.4 is 9.47 Å². The Morgan fingerprint density at radius 2 is 1.71 bits per heavy atom. The lowest BCUT2D eigenvalue weighted by atomic mass is 10.00. The molecule has 0 spiro atoms. The van der Waals surface area contributed by atoms with Gasteiger partial charge in [0.2, 0.25) is 0 Å². The van der Waals surface area contributed by atoms with Gasteiger partial charge in [0, 0.05) is 0 Å². The van der Waals surface area contributed by atoms with Gasteiger partial charge in [-0.15, -0.1) is 13.2 Å². The summed E-state index contributed by atoms with van der Waals surface area (Å²) in [7, 11) is 0. The van der Waals surface area contributed by atoms with Gasteiger partial charge in [-0.05, 0) is 28.8 Å². The van der Waals surface area contributed by atoms with Crippen molar-refractivity contribution < 1.29 is 36.5 Å². The summed E-state index contributed by atoms with van der Waals surface area (Å²) < 4.78 is 70.4. The third kappa shape index (κ3) is 4.82. The van der Waals surface area contributed by atoms with Gasteiger partial charge in [0.1, 0.15) is 6.61 Å². The lowest BCUT2D eigenvalue weighted by Gasteiger charge is -2.16. The largest absolute Gasteiger partial charge is 0.573 e. The SMILES string of the molecule is OCc1ccccc1-c1ccc(OC(F)(F)F)c(OCC(F)F)c1. The highest BCUT2D eigenvalue weighted by Gasteiger charge is 2.32. The summed E-state index contributed by atoms with van der Waals surface area (Å²) in [6, 6.07) is 10.1. The summed E-state index contributed by atoms with van der Waals surface area (Å²) in [5.74, 6) is -1.17. The summed E-state index contributed by atoms with van der Waals surface area (Å²) in [4.78, 5) is 0. The zero-order valence-electron chi connectivity index (χ0n) is 12.2. The molecule has 0 aliphatic heterocycles. The predicted octanol–water partition coefficient (Wildman–Crippen LogP) is 4.39. The van der Waals surface area contributed by atoms with Crippen LogP contribution in [0.1, 0.15) is 5.56 Å². The van der Waals surface area contributed by atoms with Crippen molar-refractivity contribution in [3.63, 3.8) is 0 Å². The number of aliphatic hydroxyl groups is 1. The minimum atomic E-state index is -4.98. The zero-order valence-corrected chi connectivity index (χ0v) is 12.2. The minimum Gasteiger partial charge on any atom is -0.484 e. The molecular weight excluding hydrogens is 335 g/mol. The molecule has 0 atom stereocenters. The van der Waals surface area contributed by atoms with Gasteiger partial charge in [-0.3, -0.25) is 0 Å². The average Bonchev–Trinajstić information content (AvgIpc) is 2.52. The number of ether oxygens (including phenoxy) is 2. The van der Waals surface area contributed by atoms with Gasteiger partial charge in [0.05, 0.1) is 6.61 Å². The van der Waals surface area contributed by atoms with Crippen LogP contribution in [-0.2, 0) is 6.61 Å². The molecule has 0 aromatic heterocycles. The van der Waals surface area contributed by atoms with Crippen LogP contribution in [0.2, 0.25) is 0 Å². The van der Waals surface area contributed by atoms with E-state index in [2.05, 4.69) is 4.74 Å². The van der Waals surface area contributed by atoms with Gasteiger partial charge >= 0.3 is 6.36 Å². The summed E-state index contributed by atoms with van der Waals surface area (Å²) in [5.41, 5.74) is 1.47. The fourth-order valence-electron chi connectivity index (χ4n) is 2.09. The maximum Gasteiger partial charge on any atom is 0.573 e. The monoisotopic (exact) mass is 348 g/mol. The van der Waals surface area contributed by atoms with Crippen molar-refractivity contribution >= 4 is 0 Å². The van der Waals surface area contributed by atoms with Crippen molar-refractivity contribution in [1.82, 2.24) is 0 Å². The lowest BCUT2D eigenvalue weighted by Crippen LogP contribution is -2.18. The zero-order chi connectivity index (χ0) is 17.7. The van der Waals surface area contributed by atoms with Crippen LogP contribution in [-0.4, -0.2) is 24.5 Å². The minimum absolute atomic E-state index is 0.287. The first-order chi connectivity index (χ1) is 11.3. The maximum absolute atomic E-state index is 12.4. The van der Waals surface area contributed by atoms with Crippen LogP contribution in [0.15, 0.2) is 42.5 Å². The quantitative estimate of drug-likeness (QED) is 0.787. The maximum atomic E-state index is 12.4. The van der Waals surface area contributed by atoms with Crippen LogP contribution in [0.3, 0.4) is 0 Å². The van der Waals surface area contributed by atoms with E-state index in [0.29, 0.717) is 16.7 Å². The highest BCUT2D eigenvalue weighted by Crippen LogP contribution is 2.37. The highest BCUT2D eigenvalue weighted by molar-refractivity contribution is 5.70. The van der Waals surface area contributed by atoms with Gasteiger partial charge in [0.25, 0.3) is 6.43 Å². The number of rotatable bonds is 6. The highest BCUT2D eigenvalue weighted by atomic mass is 19.4. The Morgan fingerprint density at radius 3 is 2.33 bits per heavy atom. The van der Waals surface area contributed by atoms with Crippen LogP contribution in [0, 0.1) is 0 Å². The van der Waals surface area contributed by atoms with Gasteiger partial charge in [0.15, 0.2) is 11.5 Å². The molecule has 0 bridgehead atoms. The Morgan fingerprint density at radius 1 is 1.00 bits per heavy atom. The summed E-state index contributed by atoms with van der Waals surface area (Å²) in [5, 5.41) is 9.33. The van der Waals surface area contributed by atoms with E-state index >= 15 is 0 Å². The molecular formula is C16H13F5O3. The van der Waals surface area contributed by atoms with E-state index in [1.165, 1.54) is 6.07 Å². The average molecular weight is 348 g/mol. The number of alkyl halides is 5. The van der Waals surface area contributed by atoms with E-state index in [1.807, 2.05) is 0 Å². The normalized spacial score (nSPS) is 11.6. The van der Waals surface area contributed by atoms with Crippen molar-refractivity contribution in [1.29, 1.82) is 0 Å². The fourth-order valence-corrected chi connectivity index (χ4v) is 2.09. The van der Waals surface area contributed by atoms with E-state index in [9.17, 15) is 27.1 Å². The first-order valence-corrected chi connectivity index (χ1v) is 6.80. The first-order valence-electron chi connectivity index (χ1n) is 6.80. The van der Waals surface area contributed by atoms with Crippen molar-refractivity contribution in [2.75, 3.05) is 6.61 Å². The second-order valence-electron chi connectivity index (χ2n) is 4.73. The Hall–Kier alpha value is -2.35. The summed E-state index contributed by atoms with van der Waals surface area (Å²) in [6.07, 6.45) is -7.83. The number of benzene rings is 2. The molecule has 0 amide bonds. The smallest absolute Gasteiger partial charge is 0.484 e. The molecule has 1 N–H and O–H groups in total. The summed E-state index contributed by atoms with van der Waals surface area (Å²) >= 11 is 0. The second kappa shape index (κ2) is 7.48. The predicted molar refractivity (Wildman–Crippen MR) is 76.0 cm³/mol. The van der Waals surface area contributed by atoms with E-state index < -0.39 is 30.9 Å². The number of halogens is 5. The summed E-state index contributed by atoms with van der Waals surface area (Å²) in [6.45, 7) is -1.36. The standard InChI is InChI=1S/C16H13F5O3/c17-15(18)9-23-14-7-10(5-6-13(14)24-16(19,20)21)12-4-2-1-3-11(12)8-22/h1-7,15,22H,8-9H2. The number of hydrogen-bond donors (Lipinski definition) is 1. The third-order valence-electron chi connectivity index (χ3n) is 3.03. The Bertz CT molecular complexity index is 686. The van der Waals surface area contributed by atoms with Gasteiger partial charge in [-0.2, -0.15) is 0 Å². The van der Waals surface area contributed by atoms with Crippen molar-refractivity contribution in [2.45, 2.75) is 19.4 Å². The van der Waals surface area contributed by atoms with Crippen molar-refractivity contribution in [2.24, 2.45) is 0 Å².